The largest absolute Gasteiger partial charge is 0.342 e. The second-order valence-corrected chi connectivity index (χ2v) is 8.37. The smallest absolute Gasteiger partial charge is 0.266 e. The van der Waals surface area contributed by atoms with Gasteiger partial charge in [-0.2, -0.15) is 0 Å². The molecule has 0 radical (unpaired) electrons. The number of aromatic nitrogens is 2. The summed E-state index contributed by atoms with van der Waals surface area (Å²) in [5.74, 6) is 0.0514. The zero-order chi connectivity index (χ0) is 21.1. The molecular weight excluding hydrogens is 382 g/mol. The van der Waals surface area contributed by atoms with Gasteiger partial charge in [-0.25, -0.2) is 4.98 Å². The van der Waals surface area contributed by atoms with Crippen molar-refractivity contribution in [2.24, 2.45) is 0 Å². The van der Waals surface area contributed by atoms with Gasteiger partial charge in [-0.1, -0.05) is 42.1 Å². The Balaban J connectivity index is 2.21. The normalized spacial score (nSPS) is 12.2. The number of nitrogens with zero attached hydrogens (tertiary/aromatic N) is 3. The van der Waals surface area contributed by atoms with Crippen LogP contribution in [0.2, 0.25) is 0 Å². The summed E-state index contributed by atoms with van der Waals surface area (Å²) in [4.78, 5) is 32.9. The van der Waals surface area contributed by atoms with Crippen LogP contribution in [-0.4, -0.2) is 38.7 Å². The molecule has 1 amide bonds. The molecule has 6 heteroatoms. The summed E-state index contributed by atoms with van der Waals surface area (Å²) in [6.45, 7) is 11.1. The molecule has 0 aliphatic carbocycles. The lowest BCUT2D eigenvalue weighted by Crippen LogP contribution is -2.36. The van der Waals surface area contributed by atoms with E-state index in [9.17, 15) is 9.59 Å². The molecule has 0 saturated heterocycles. The van der Waals surface area contributed by atoms with Gasteiger partial charge >= 0.3 is 0 Å². The molecule has 5 nitrogen and oxygen atoms in total. The van der Waals surface area contributed by atoms with Crippen molar-refractivity contribution < 1.29 is 4.79 Å². The van der Waals surface area contributed by atoms with E-state index < -0.39 is 0 Å². The number of hydrogen-bond donors (Lipinski definition) is 0. The van der Waals surface area contributed by atoms with E-state index in [4.69, 9.17) is 4.98 Å². The van der Waals surface area contributed by atoms with Gasteiger partial charge in [-0.05, 0) is 57.9 Å². The van der Waals surface area contributed by atoms with E-state index in [1.807, 2.05) is 71.0 Å². The van der Waals surface area contributed by atoms with E-state index in [1.165, 1.54) is 11.8 Å². The molecule has 0 fully saturated rings. The van der Waals surface area contributed by atoms with Gasteiger partial charge in [0, 0.05) is 13.1 Å². The van der Waals surface area contributed by atoms with Gasteiger partial charge in [0.05, 0.1) is 21.8 Å². The predicted octanol–water partition coefficient (Wildman–Crippen LogP) is 4.35. The fraction of sp³-hybridized carbons (Fsp3) is 0.348. The van der Waals surface area contributed by atoms with Crippen LogP contribution in [0.15, 0.2) is 52.4 Å². The molecule has 3 aromatic rings. The fourth-order valence-electron chi connectivity index (χ4n) is 3.55. The van der Waals surface area contributed by atoms with Gasteiger partial charge in [-0.15, -0.1) is 0 Å². The first-order chi connectivity index (χ1) is 13.9. The number of amides is 1. The van der Waals surface area contributed by atoms with Crippen LogP contribution < -0.4 is 5.56 Å². The van der Waals surface area contributed by atoms with E-state index in [0.717, 1.165) is 16.8 Å². The standard InChI is InChI=1S/C23H27N3O2S/c1-6-25(7-2)21(27)17(5)29-23-24-19-14-9-8-13-18(19)22(28)26(23)20-15(3)11-10-12-16(20)4/h8-14,17H,6-7H2,1-5H3. The first-order valence-corrected chi connectivity index (χ1v) is 10.8. The Morgan fingerprint density at radius 2 is 1.69 bits per heavy atom. The molecular formula is C23H27N3O2S. The lowest BCUT2D eigenvalue weighted by molar-refractivity contribution is -0.129. The monoisotopic (exact) mass is 409 g/mol. The van der Waals surface area contributed by atoms with E-state index in [2.05, 4.69) is 0 Å². The molecule has 0 spiro atoms. The van der Waals surface area contributed by atoms with Crippen LogP contribution in [0.3, 0.4) is 0 Å². The lowest BCUT2D eigenvalue weighted by atomic mass is 10.1. The minimum atomic E-state index is -0.349. The fourth-order valence-corrected chi connectivity index (χ4v) is 4.54. The number of carbonyl (C=O) groups is 1. The van der Waals surface area contributed by atoms with Crippen LogP contribution in [0.5, 0.6) is 0 Å². The molecule has 1 aromatic heterocycles. The van der Waals surface area contributed by atoms with E-state index in [0.29, 0.717) is 29.1 Å². The molecule has 3 rings (SSSR count). The first kappa shape index (κ1) is 21.1. The van der Waals surface area contributed by atoms with Crippen LogP contribution in [0.4, 0.5) is 0 Å². The van der Waals surface area contributed by atoms with Crippen molar-refractivity contribution in [2.75, 3.05) is 13.1 Å². The number of rotatable bonds is 6. The SMILES string of the molecule is CCN(CC)C(=O)C(C)Sc1nc2ccccc2c(=O)n1-c1c(C)cccc1C. The van der Waals surface area contributed by atoms with Gasteiger partial charge in [0.15, 0.2) is 5.16 Å². The Labute approximate surface area is 175 Å². The summed E-state index contributed by atoms with van der Waals surface area (Å²) in [7, 11) is 0. The van der Waals surface area contributed by atoms with E-state index in [-0.39, 0.29) is 16.7 Å². The van der Waals surface area contributed by atoms with Crippen molar-refractivity contribution in [2.45, 2.75) is 45.0 Å². The molecule has 152 valence electrons. The highest BCUT2D eigenvalue weighted by atomic mass is 32.2. The summed E-state index contributed by atoms with van der Waals surface area (Å²) in [5.41, 5.74) is 3.35. The van der Waals surface area contributed by atoms with Gasteiger partial charge in [-0.3, -0.25) is 14.2 Å². The third kappa shape index (κ3) is 4.08. The summed E-state index contributed by atoms with van der Waals surface area (Å²) < 4.78 is 1.67. The minimum absolute atomic E-state index is 0.0514. The second-order valence-electron chi connectivity index (χ2n) is 7.06. The molecule has 0 saturated carbocycles. The Kier molecular flexibility index (Phi) is 6.42. The van der Waals surface area contributed by atoms with Crippen molar-refractivity contribution in [1.82, 2.24) is 14.5 Å². The molecule has 1 heterocycles. The zero-order valence-electron chi connectivity index (χ0n) is 17.6. The average Bonchev–Trinajstić information content (AvgIpc) is 2.70. The molecule has 0 N–H and O–H groups in total. The van der Waals surface area contributed by atoms with Gasteiger partial charge in [0.25, 0.3) is 5.56 Å². The maximum absolute atomic E-state index is 13.5. The Morgan fingerprint density at radius 1 is 1.07 bits per heavy atom. The Morgan fingerprint density at radius 3 is 2.31 bits per heavy atom. The highest BCUT2D eigenvalue weighted by molar-refractivity contribution is 8.00. The third-order valence-corrected chi connectivity index (χ3v) is 6.15. The molecule has 29 heavy (non-hydrogen) atoms. The number of carbonyl (C=O) groups excluding carboxylic acids is 1. The molecule has 1 unspecified atom stereocenters. The summed E-state index contributed by atoms with van der Waals surface area (Å²) in [6, 6.07) is 13.3. The number of benzene rings is 2. The number of aryl methyl sites for hydroxylation is 2. The first-order valence-electron chi connectivity index (χ1n) is 9.92. The molecule has 1 atom stereocenters. The van der Waals surface area contributed by atoms with Crippen LogP contribution in [0, 0.1) is 13.8 Å². The Hall–Kier alpha value is -2.60. The van der Waals surface area contributed by atoms with Crippen molar-refractivity contribution in [3.63, 3.8) is 0 Å². The van der Waals surface area contributed by atoms with Gasteiger partial charge in [0.1, 0.15) is 0 Å². The molecule has 2 aromatic carbocycles. The summed E-state index contributed by atoms with van der Waals surface area (Å²) >= 11 is 1.34. The molecule has 0 aliphatic rings. The highest BCUT2D eigenvalue weighted by Gasteiger charge is 2.24. The van der Waals surface area contributed by atoms with Gasteiger partial charge in [0.2, 0.25) is 5.91 Å². The summed E-state index contributed by atoms with van der Waals surface area (Å²) in [6.07, 6.45) is 0. The maximum atomic E-state index is 13.5. The lowest BCUT2D eigenvalue weighted by Gasteiger charge is -2.23. The number of thioether (sulfide) groups is 1. The van der Waals surface area contributed by atoms with E-state index in [1.54, 1.807) is 15.5 Å². The highest BCUT2D eigenvalue weighted by Crippen LogP contribution is 2.28. The number of hydrogen-bond acceptors (Lipinski definition) is 4. The summed E-state index contributed by atoms with van der Waals surface area (Å²) in [5, 5.41) is 0.764. The second kappa shape index (κ2) is 8.82. The maximum Gasteiger partial charge on any atom is 0.266 e. The van der Waals surface area contributed by atoms with E-state index >= 15 is 0 Å². The quantitative estimate of drug-likeness (QED) is 0.449. The average molecular weight is 410 g/mol. The third-order valence-electron chi connectivity index (χ3n) is 5.11. The predicted molar refractivity (Wildman–Crippen MR) is 120 cm³/mol. The van der Waals surface area contributed by atoms with Crippen LogP contribution in [0.25, 0.3) is 16.6 Å². The number of fused-ring (bicyclic) bond motifs is 1. The van der Waals surface area contributed by atoms with Crippen LogP contribution in [-0.2, 0) is 4.79 Å². The molecule has 0 bridgehead atoms. The topological polar surface area (TPSA) is 55.2 Å². The number of para-hydroxylation sites is 2. The van der Waals surface area contributed by atoms with Crippen LogP contribution >= 0.6 is 11.8 Å². The Bertz CT molecular complexity index is 1080. The van der Waals surface area contributed by atoms with Gasteiger partial charge < -0.3 is 4.90 Å². The van der Waals surface area contributed by atoms with Crippen LogP contribution in [0.1, 0.15) is 31.9 Å². The van der Waals surface area contributed by atoms with Crippen molar-refractivity contribution in [3.05, 3.63) is 63.9 Å². The van der Waals surface area contributed by atoms with Crippen molar-refractivity contribution in [1.29, 1.82) is 0 Å². The molecule has 0 aliphatic heterocycles. The zero-order valence-corrected chi connectivity index (χ0v) is 18.4. The van der Waals surface area contributed by atoms with Crippen molar-refractivity contribution >= 4 is 28.6 Å². The van der Waals surface area contributed by atoms with Crippen molar-refractivity contribution in [3.8, 4) is 5.69 Å². The minimum Gasteiger partial charge on any atom is -0.342 e.